The van der Waals surface area contributed by atoms with Crippen molar-refractivity contribution in [3.8, 4) is 11.4 Å². The van der Waals surface area contributed by atoms with Crippen LogP contribution >= 0.6 is 11.6 Å². The fourth-order valence-electron chi connectivity index (χ4n) is 2.37. The lowest BCUT2D eigenvalue weighted by Gasteiger charge is -2.03. The lowest BCUT2D eigenvalue weighted by atomic mass is 10.1. The van der Waals surface area contributed by atoms with Gasteiger partial charge in [0, 0.05) is 5.39 Å². The van der Waals surface area contributed by atoms with Crippen molar-refractivity contribution in [3.05, 3.63) is 59.5 Å². The molecule has 1 N–H and O–H groups in total. The van der Waals surface area contributed by atoms with Gasteiger partial charge in [0.2, 0.25) is 0 Å². The average Bonchev–Trinajstić information content (AvgIpc) is 2.89. The van der Waals surface area contributed by atoms with E-state index in [-0.39, 0.29) is 5.82 Å². The summed E-state index contributed by atoms with van der Waals surface area (Å²) >= 11 is 6.25. The third-order valence-electron chi connectivity index (χ3n) is 3.38. The Bertz CT molecular complexity index is 978. The van der Waals surface area contributed by atoms with E-state index in [1.807, 2.05) is 30.3 Å². The molecule has 0 aliphatic heterocycles. The second-order valence-electron chi connectivity index (χ2n) is 4.77. The first-order chi connectivity index (χ1) is 10.2. The lowest BCUT2D eigenvalue weighted by molar-refractivity contribution is 0.629. The van der Waals surface area contributed by atoms with Gasteiger partial charge in [-0.15, -0.1) is 0 Å². The van der Waals surface area contributed by atoms with Gasteiger partial charge in [0.1, 0.15) is 16.8 Å². The standard InChI is InChI=1S/C16H9ClFN3/c17-15-11(7-9-3-1-2-4-12(9)19-15)16-20-13-6-5-10(18)8-14(13)21-16/h1-8H,(H,20,21). The highest BCUT2D eigenvalue weighted by Crippen LogP contribution is 2.29. The molecule has 0 aliphatic rings. The molecule has 2 heterocycles. The van der Waals surface area contributed by atoms with Gasteiger partial charge in [0.25, 0.3) is 0 Å². The summed E-state index contributed by atoms with van der Waals surface area (Å²) in [6.07, 6.45) is 0. The van der Waals surface area contributed by atoms with Gasteiger partial charge in [-0.2, -0.15) is 0 Å². The molecule has 0 radical (unpaired) electrons. The Morgan fingerprint density at radius 1 is 0.952 bits per heavy atom. The Balaban J connectivity index is 1.96. The molecule has 0 aliphatic carbocycles. The molecule has 4 rings (SSSR count). The number of pyridine rings is 1. The fraction of sp³-hybridized carbons (Fsp3) is 0. The largest absolute Gasteiger partial charge is 0.338 e. The van der Waals surface area contributed by atoms with E-state index in [2.05, 4.69) is 15.0 Å². The number of nitrogens with zero attached hydrogens (tertiary/aromatic N) is 2. The molecule has 0 unspecified atom stereocenters. The number of halogens is 2. The number of H-pyrrole nitrogens is 1. The highest BCUT2D eigenvalue weighted by Gasteiger charge is 2.12. The number of nitrogens with one attached hydrogen (secondary N) is 1. The van der Waals surface area contributed by atoms with Crippen LogP contribution < -0.4 is 0 Å². The van der Waals surface area contributed by atoms with Crippen molar-refractivity contribution >= 4 is 33.5 Å². The third-order valence-corrected chi connectivity index (χ3v) is 3.66. The number of benzene rings is 2. The maximum absolute atomic E-state index is 13.2. The molecule has 0 saturated heterocycles. The predicted molar refractivity (Wildman–Crippen MR) is 81.8 cm³/mol. The smallest absolute Gasteiger partial charge is 0.141 e. The zero-order valence-corrected chi connectivity index (χ0v) is 11.5. The van der Waals surface area contributed by atoms with Gasteiger partial charge in [-0.25, -0.2) is 14.4 Å². The molecule has 2 aromatic heterocycles. The molecular weight excluding hydrogens is 289 g/mol. The molecule has 2 aromatic carbocycles. The zero-order valence-electron chi connectivity index (χ0n) is 10.8. The molecule has 4 aromatic rings. The Kier molecular flexibility index (Phi) is 2.65. The molecule has 0 bridgehead atoms. The van der Waals surface area contributed by atoms with Gasteiger partial charge in [-0.1, -0.05) is 29.8 Å². The van der Waals surface area contributed by atoms with E-state index in [0.29, 0.717) is 27.6 Å². The van der Waals surface area contributed by atoms with Crippen molar-refractivity contribution in [1.82, 2.24) is 15.0 Å². The summed E-state index contributed by atoms with van der Waals surface area (Å²) in [7, 11) is 0. The van der Waals surface area contributed by atoms with Gasteiger partial charge >= 0.3 is 0 Å². The van der Waals surface area contributed by atoms with Crippen molar-refractivity contribution in [2.24, 2.45) is 0 Å². The lowest BCUT2D eigenvalue weighted by Crippen LogP contribution is -1.87. The van der Waals surface area contributed by atoms with Crippen LogP contribution in [-0.4, -0.2) is 15.0 Å². The van der Waals surface area contributed by atoms with Crippen LogP contribution in [0.1, 0.15) is 0 Å². The molecule has 0 atom stereocenters. The molecule has 0 amide bonds. The second-order valence-corrected chi connectivity index (χ2v) is 5.12. The minimum absolute atomic E-state index is 0.305. The third kappa shape index (κ3) is 2.04. The van der Waals surface area contributed by atoms with Gasteiger partial charge < -0.3 is 4.98 Å². The molecule has 0 spiro atoms. The number of hydrogen-bond acceptors (Lipinski definition) is 2. The van der Waals surface area contributed by atoms with E-state index >= 15 is 0 Å². The minimum Gasteiger partial charge on any atom is -0.338 e. The Morgan fingerprint density at radius 3 is 2.71 bits per heavy atom. The highest BCUT2D eigenvalue weighted by atomic mass is 35.5. The van der Waals surface area contributed by atoms with Crippen LogP contribution in [0.15, 0.2) is 48.5 Å². The summed E-state index contributed by atoms with van der Waals surface area (Å²) in [5.74, 6) is 0.277. The predicted octanol–water partition coefficient (Wildman–Crippen LogP) is 4.57. The number of aromatic amines is 1. The zero-order chi connectivity index (χ0) is 14.4. The molecule has 21 heavy (non-hydrogen) atoms. The summed E-state index contributed by atoms with van der Waals surface area (Å²) in [6.45, 7) is 0. The Hall–Kier alpha value is -2.46. The molecule has 5 heteroatoms. The van der Waals surface area contributed by atoms with Crippen LogP contribution in [0.5, 0.6) is 0 Å². The molecule has 0 saturated carbocycles. The summed E-state index contributed by atoms with van der Waals surface area (Å²) in [5.41, 5.74) is 2.85. The quantitative estimate of drug-likeness (QED) is 0.523. The Labute approximate surface area is 124 Å². The summed E-state index contributed by atoms with van der Waals surface area (Å²) in [4.78, 5) is 11.9. The molecule has 102 valence electrons. The number of para-hydroxylation sites is 1. The molecule has 0 fully saturated rings. The van der Waals surface area contributed by atoms with Gasteiger partial charge in [-0.05, 0) is 30.3 Å². The van der Waals surface area contributed by atoms with Crippen LogP contribution in [0, 0.1) is 5.82 Å². The van der Waals surface area contributed by atoms with Crippen molar-refractivity contribution < 1.29 is 4.39 Å². The Morgan fingerprint density at radius 2 is 1.81 bits per heavy atom. The number of hydrogen-bond donors (Lipinski definition) is 1. The van der Waals surface area contributed by atoms with E-state index < -0.39 is 0 Å². The number of aromatic nitrogens is 3. The van der Waals surface area contributed by atoms with E-state index in [1.54, 1.807) is 6.07 Å². The second kappa shape index (κ2) is 4.53. The van der Waals surface area contributed by atoms with Crippen molar-refractivity contribution in [1.29, 1.82) is 0 Å². The van der Waals surface area contributed by atoms with Crippen LogP contribution in [0.3, 0.4) is 0 Å². The number of fused-ring (bicyclic) bond motifs is 2. The maximum Gasteiger partial charge on any atom is 0.141 e. The SMILES string of the molecule is Fc1ccc2nc(-c3cc4ccccc4nc3Cl)[nH]c2c1. The van der Waals surface area contributed by atoms with Crippen molar-refractivity contribution in [3.63, 3.8) is 0 Å². The monoisotopic (exact) mass is 297 g/mol. The van der Waals surface area contributed by atoms with Crippen LogP contribution in [0.4, 0.5) is 4.39 Å². The highest BCUT2D eigenvalue weighted by molar-refractivity contribution is 6.32. The molecule has 3 nitrogen and oxygen atoms in total. The van der Waals surface area contributed by atoms with Gasteiger partial charge in [-0.3, -0.25) is 0 Å². The van der Waals surface area contributed by atoms with E-state index in [1.165, 1.54) is 12.1 Å². The number of imidazole rings is 1. The van der Waals surface area contributed by atoms with E-state index in [0.717, 1.165) is 10.9 Å². The van der Waals surface area contributed by atoms with E-state index in [4.69, 9.17) is 11.6 Å². The first kappa shape index (κ1) is 12.3. The summed E-state index contributed by atoms with van der Waals surface area (Å²) in [5, 5.41) is 1.34. The van der Waals surface area contributed by atoms with Crippen molar-refractivity contribution in [2.45, 2.75) is 0 Å². The normalized spacial score (nSPS) is 11.3. The van der Waals surface area contributed by atoms with Gasteiger partial charge in [0.15, 0.2) is 0 Å². The van der Waals surface area contributed by atoms with Crippen LogP contribution in [-0.2, 0) is 0 Å². The molecular formula is C16H9ClFN3. The fourth-order valence-corrected chi connectivity index (χ4v) is 2.60. The van der Waals surface area contributed by atoms with Crippen LogP contribution in [0.2, 0.25) is 5.15 Å². The van der Waals surface area contributed by atoms with Gasteiger partial charge in [0.05, 0.1) is 22.1 Å². The first-order valence-electron chi connectivity index (χ1n) is 6.42. The van der Waals surface area contributed by atoms with Crippen molar-refractivity contribution in [2.75, 3.05) is 0 Å². The number of rotatable bonds is 1. The van der Waals surface area contributed by atoms with Crippen LogP contribution in [0.25, 0.3) is 33.3 Å². The maximum atomic E-state index is 13.2. The van der Waals surface area contributed by atoms with E-state index in [9.17, 15) is 4.39 Å². The topological polar surface area (TPSA) is 41.6 Å². The average molecular weight is 298 g/mol. The summed E-state index contributed by atoms with van der Waals surface area (Å²) in [6, 6.07) is 14.1. The first-order valence-corrected chi connectivity index (χ1v) is 6.79. The summed E-state index contributed by atoms with van der Waals surface area (Å²) < 4.78 is 13.2. The minimum atomic E-state index is -0.305.